The minimum absolute atomic E-state index is 0.127. The molecule has 1 heterocycles. The summed E-state index contributed by atoms with van der Waals surface area (Å²) in [6.07, 6.45) is 2.85. The van der Waals surface area contributed by atoms with Crippen molar-refractivity contribution in [2.24, 2.45) is 4.99 Å². The maximum Gasteiger partial charge on any atom is 0.343 e. The van der Waals surface area contributed by atoms with Crippen LogP contribution in [0.4, 0.5) is 4.79 Å². The van der Waals surface area contributed by atoms with Gasteiger partial charge in [0.25, 0.3) is 0 Å². The van der Waals surface area contributed by atoms with E-state index in [0.29, 0.717) is 6.54 Å². The molecule has 66 valence electrons. The number of likely N-dealkylation sites (N-methyl/N-ethyl adjacent to an activating group) is 1. The fourth-order valence-corrected chi connectivity index (χ4v) is 1.25. The Bertz CT molecular complexity index is 253. The topological polar surface area (TPSA) is 32.7 Å². The molecule has 2 amide bonds. The van der Waals surface area contributed by atoms with E-state index in [1.54, 1.807) is 11.9 Å². The van der Waals surface area contributed by atoms with Gasteiger partial charge < -0.3 is 4.90 Å². The molecule has 0 aliphatic carbocycles. The van der Waals surface area contributed by atoms with Gasteiger partial charge >= 0.3 is 6.03 Å². The molecule has 0 N–H and O–H groups in total. The van der Waals surface area contributed by atoms with E-state index in [-0.39, 0.29) is 6.03 Å². The second-order valence-electron chi connectivity index (χ2n) is 2.86. The zero-order chi connectivity index (χ0) is 9.14. The number of rotatable bonds is 1. The largest absolute Gasteiger partial charge is 0.343 e. The number of amides is 2. The van der Waals surface area contributed by atoms with Crippen LogP contribution in [-0.2, 0) is 0 Å². The average molecular weight is 166 g/mol. The van der Waals surface area contributed by atoms with E-state index in [0.717, 1.165) is 12.1 Å². The fraction of sp³-hybridized carbons (Fsp3) is 0.556. The van der Waals surface area contributed by atoms with Crippen molar-refractivity contribution in [2.75, 3.05) is 13.6 Å². The second kappa shape index (κ2) is 3.52. The molecule has 0 saturated carbocycles. The number of nitrogens with zero attached hydrogens (tertiary/aromatic N) is 2. The summed E-state index contributed by atoms with van der Waals surface area (Å²) < 4.78 is 0. The van der Waals surface area contributed by atoms with Crippen molar-refractivity contribution >= 4 is 11.7 Å². The van der Waals surface area contributed by atoms with Gasteiger partial charge in [-0.1, -0.05) is 13.0 Å². The highest BCUT2D eigenvalue weighted by Gasteiger charge is 2.18. The third-order valence-corrected chi connectivity index (χ3v) is 2.02. The molecule has 0 atom stereocenters. The Morgan fingerprint density at radius 1 is 1.67 bits per heavy atom. The first-order valence-electron chi connectivity index (χ1n) is 4.17. The lowest BCUT2D eigenvalue weighted by atomic mass is 10.1. The molecule has 0 bridgehead atoms. The highest BCUT2D eigenvalue weighted by Crippen LogP contribution is 2.11. The zero-order valence-electron chi connectivity index (χ0n) is 7.79. The number of aliphatic imine (C=N–C) groups is 1. The van der Waals surface area contributed by atoms with Crippen LogP contribution in [0.25, 0.3) is 0 Å². The zero-order valence-corrected chi connectivity index (χ0v) is 7.79. The molecule has 0 radical (unpaired) electrons. The first kappa shape index (κ1) is 8.97. The number of urea groups is 1. The monoisotopic (exact) mass is 166 g/mol. The van der Waals surface area contributed by atoms with E-state index in [1.165, 1.54) is 5.57 Å². The van der Waals surface area contributed by atoms with Gasteiger partial charge in [0, 0.05) is 13.6 Å². The highest BCUT2D eigenvalue weighted by molar-refractivity contribution is 6.08. The summed E-state index contributed by atoms with van der Waals surface area (Å²) >= 11 is 0. The highest BCUT2D eigenvalue weighted by atomic mass is 16.2. The Morgan fingerprint density at radius 2 is 2.33 bits per heavy atom. The molecule has 0 saturated heterocycles. The van der Waals surface area contributed by atoms with Gasteiger partial charge in [-0.3, -0.25) is 0 Å². The van der Waals surface area contributed by atoms with Gasteiger partial charge in [-0.05, 0) is 18.9 Å². The fourth-order valence-electron chi connectivity index (χ4n) is 1.25. The van der Waals surface area contributed by atoms with E-state index in [1.807, 2.05) is 19.9 Å². The van der Waals surface area contributed by atoms with Gasteiger partial charge in [-0.15, -0.1) is 0 Å². The van der Waals surface area contributed by atoms with Crippen LogP contribution in [0, 0.1) is 0 Å². The molecule has 0 spiro atoms. The van der Waals surface area contributed by atoms with Gasteiger partial charge in [-0.2, -0.15) is 4.99 Å². The first-order valence-corrected chi connectivity index (χ1v) is 4.17. The summed E-state index contributed by atoms with van der Waals surface area (Å²) in [4.78, 5) is 16.7. The minimum Gasteiger partial charge on any atom is -0.322 e. The SMILES string of the molecule is C/C=C1/CN(C)C(=O)N=C1CC. The molecule has 12 heavy (non-hydrogen) atoms. The smallest absolute Gasteiger partial charge is 0.322 e. The Balaban J connectivity index is 2.95. The Labute approximate surface area is 72.8 Å². The molecule has 0 aromatic heterocycles. The third kappa shape index (κ3) is 1.55. The summed E-state index contributed by atoms with van der Waals surface area (Å²) in [6.45, 7) is 4.69. The lowest BCUT2D eigenvalue weighted by molar-refractivity contribution is 0.221. The van der Waals surface area contributed by atoms with Crippen LogP contribution in [0.1, 0.15) is 20.3 Å². The summed E-state index contributed by atoms with van der Waals surface area (Å²) in [5.41, 5.74) is 2.10. The van der Waals surface area contributed by atoms with Crippen LogP contribution in [0.15, 0.2) is 16.6 Å². The molecule has 3 heteroatoms. The molecular formula is C9H14N2O. The van der Waals surface area contributed by atoms with E-state index in [2.05, 4.69) is 4.99 Å². The van der Waals surface area contributed by atoms with Crippen LogP contribution in [-0.4, -0.2) is 30.2 Å². The van der Waals surface area contributed by atoms with Crippen LogP contribution in [0.5, 0.6) is 0 Å². The van der Waals surface area contributed by atoms with Gasteiger partial charge in [0.05, 0.1) is 5.71 Å². The maximum absolute atomic E-state index is 11.1. The van der Waals surface area contributed by atoms with Crippen molar-refractivity contribution in [1.82, 2.24) is 4.90 Å². The van der Waals surface area contributed by atoms with Crippen LogP contribution >= 0.6 is 0 Å². The first-order chi connectivity index (χ1) is 5.69. The third-order valence-electron chi connectivity index (χ3n) is 2.02. The molecule has 1 aliphatic rings. The molecule has 0 fully saturated rings. The standard InChI is InChI=1S/C9H14N2O/c1-4-7-6-11(3)9(12)10-8(7)5-2/h4H,5-6H2,1-3H3/b7-4-. The van der Waals surface area contributed by atoms with E-state index in [9.17, 15) is 4.79 Å². The van der Waals surface area contributed by atoms with Gasteiger partial charge in [-0.25, -0.2) is 4.79 Å². The molecule has 0 unspecified atom stereocenters. The lowest BCUT2D eigenvalue weighted by Gasteiger charge is -2.22. The minimum atomic E-state index is -0.127. The van der Waals surface area contributed by atoms with Crippen LogP contribution < -0.4 is 0 Å². The molecular weight excluding hydrogens is 152 g/mol. The molecule has 3 nitrogen and oxygen atoms in total. The Morgan fingerprint density at radius 3 is 2.83 bits per heavy atom. The predicted molar refractivity (Wildman–Crippen MR) is 49.5 cm³/mol. The number of hydrogen-bond donors (Lipinski definition) is 0. The van der Waals surface area contributed by atoms with Crippen molar-refractivity contribution in [1.29, 1.82) is 0 Å². The van der Waals surface area contributed by atoms with E-state index < -0.39 is 0 Å². The lowest BCUT2D eigenvalue weighted by Crippen LogP contribution is -2.33. The molecule has 1 aliphatic heterocycles. The normalized spacial score (nSPS) is 21.6. The Kier molecular flexibility index (Phi) is 2.63. The van der Waals surface area contributed by atoms with Crippen molar-refractivity contribution < 1.29 is 4.79 Å². The Hall–Kier alpha value is -1.12. The van der Waals surface area contributed by atoms with Crippen LogP contribution in [0.2, 0.25) is 0 Å². The van der Waals surface area contributed by atoms with Gasteiger partial charge in [0.1, 0.15) is 0 Å². The van der Waals surface area contributed by atoms with Gasteiger partial charge in [0.15, 0.2) is 0 Å². The molecule has 0 aromatic rings. The number of carbonyl (C=O) groups is 1. The maximum atomic E-state index is 11.1. The average Bonchev–Trinajstić information content (AvgIpc) is 2.09. The predicted octanol–water partition coefficient (Wildman–Crippen LogP) is 1.85. The van der Waals surface area contributed by atoms with Crippen LogP contribution in [0.3, 0.4) is 0 Å². The summed E-state index contributed by atoms with van der Waals surface area (Å²) in [6, 6.07) is -0.127. The van der Waals surface area contributed by atoms with E-state index >= 15 is 0 Å². The van der Waals surface area contributed by atoms with Crippen molar-refractivity contribution in [3.05, 3.63) is 11.6 Å². The van der Waals surface area contributed by atoms with Crippen molar-refractivity contribution in [2.45, 2.75) is 20.3 Å². The second-order valence-corrected chi connectivity index (χ2v) is 2.86. The van der Waals surface area contributed by atoms with Crippen molar-refractivity contribution in [3.8, 4) is 0 Å². The number of carbonyl (C=O) groups excluding carboxylic acids is 1. The molecule has 0 aromatic carbocycles. The molecule has 1 rings (SSSR count). The van der Waals surface area contributed by atoms with E-state index in [4.69, 9.17) is 0 Å². The van der Waals surface area contributed by atoms with Gasteiger partial charge in [0.2, 0.25) is 0 Å². The number of hydrogen-bond acceptors (Lipinski definition) is 1. The summed E-state index contributed by atoms with van der Waals surface area (Å²) in [7, 11) is 1.77. The van der Waals surface area contributed by atoms with Crippen molar-refractivity contribution in [3.63, 3.8) is 0 Å². The summed E-state index contributed by atoms with van der Waals surface area (Å²) in [5.74, 6) is 0. The quantitative estimate of drug-likeness (QED) is 0.585. The number of allylic oxidation sites excluding steroid dienone is 1. The summed E-state index contributed by atoms with van der Waals surface area (Å²) in [5, 5.41) is 0.